The smallest absolute Gasteiger partial charge is 0.335 e. The molecule has 2 aromatic heterocycles. The lowest BCUT2D eigenvalue weighted by Gasteiger charge is -2.50. The molecule has 0 saturated carbocycles. The molecule has 1 atom stereocenters. The number of nitrogens with one attached hydrogen (secondary N) is 1. The van der Waals surface area contributed by atoms with Gasteiger partial charge in [0.25, 0.3) is 11.8 Å². The highest BCUT2D eigenvalue weighted by Gasteiger charge is 2.45. The zero-order chi connectivity index (χ0) is 40.4. The van der Waals surface area contributed by atoms with Gasteiger partial charge < -0.3 is 20.3 Å². The van der Waals surface area contributed by atoms with Gasteiger partial charge in [-0.2, -0.15) is 0 Å². The van der Waals surface area contributed by atoms with Crippen LogP contribution in [0.3, 0.4) is 0 Å². The third-order valence-corrected chi connectivity index (χ3v) is 12.8. The fourth-order valence-corrected chi connectivity index (χ4v) is 9.60. The molecule has 0 bridgehead atoms. The van der Waals surface area contributed by atoms with Gasteiger partial charge in [0.2, 0.25) is 11.8 Å². The van der Waals surface area contributed by atoms with Gasteiger partial charge in [0.15, 0.2) is 11.5 Å². The lowest BCUT2D eigenvalue weighted by molar-refractivity contribution is -0.136. The summed E-state index contributed by atoms with van der Waals surface area (Å²) in [6.45, 7) is 5.43. The second-order valence-corrected chi connectivity index (χ2v) is 16.1. The highest BCUT2D eigenvalue weighted by Crippen LogP contribution is 2.35. The van der Waals surface area contributed by atoms with Crippen molar-refractivity contribution < 1.29 is 23.9 Å². The quantitative estimate of drug-likeness (QED) is 0.219. The van der Waals surface area contributed by atoms with Crippen molar-refractivity contribution in [2.45, 2.75) is 62.7 Å². The molecule has 0 spiro atoms. The van der Waals surface area contributed by atoms with Gasteiger partial charge in [-0.1, -0.05) is 18.2 Å². The van der Waals surface area contributed by atoms with Crippen molar-refractivity contribution in [3.05, 3.63) is 101 Å². The molecule has 3 N–H and O–H groups in total. The van der Waals surface area contributed by atoms with Crippen LogP contribution in [0.25, 0.3) is 16.9 Å². The molecule has 59 heavy (non-hydrogen) atoms. The van der Waals surface area contributed by atoms with Gasteiger partial charge in [-0.05, 0) is 86.7 Å². The van der Waals surface area contributed by atoms with Crippen LogP contribution in [0.4, 0.5) is 11.5 Å². The number of hydrogen-bond donors (Lipinski definition) is 2. The lowest BCUT2D eigenvalue weighted by Crippen LogP contribution is -2.62. The number of aromatic nitrogens is 4. The van der Waals surface area contributed by atoms with E-state index in [4.69, 9.17) is 10.5 Å². The second-order valence-electron chi connectivity index (χ2n) is 16.1. The van der Waals surface area contributed by atoms with Crippen LogP contribution < -0.4 is 26.4 Å². The Bertz CT molecular complexity index is 2530. The number of piperidine rings is 3. The summed E-state index contributed by atoms with van der Waals surface area (Å²) in [4.78, 5) is 82.0. The van der Waals surface area contributed by atoms with E-state index in [9.17, 15) is 24.0 Å². The van der Waals surface area contributed by atoms with Crippen LogP contribution in [-0.4, -0.2) is 115 Å². The van der Waals surface area contributed by atoms with Gasteiger partial charge >= 0.3 is 5.69 Å². The number of anilines is 2. The van der Waals surface area contributed by atoms with Crippen molar-refractivity contribution in [3.63, 3.8) is 0 Å². The van der Waals surface area contributed by atoms with Crippen molar-refractivity contribution >= 4 is 46.3 Å². The van der Waals surface area contributed by atoms with Crippen molar-refractivity contribution in [1.82, 2.24) is 39.1 Å². The molecular formula is C43H44N10O6. The molecule has 3 aromatic carbocycles. The van der Waals surface area contributed by atoms with Crippen molar-refractivity contribution in [2.75, 3.05) is 49.9 Å². The molecule has 4 saturated heterocycles. The average molecular weight is 797 g/mol. The third-order valence-electron chi connectivity index (χ3n) is 12.8. The maximum absolute atomic E-state index is 14.2. The number of likely N-dealkylation sites (tertiary alicyclic amines) is 2. The topological polar surface area (TPSA) is 181 Å². The Morgan fingerprint density at radius 3 is 2.03 bits per heavy atom. The molecule has 10 rings (SSSR count). The predicted molar refractivity (Wildman–Crippen MR) is 218 cm³/mol. The minimum atomic E-state index is -0.976. The van der Waals surface area contributed by atoms with E-state index >= 15 is 0 Å². The molecule has 5 aliphatic rings. The third kappa shape index (κ3) is 6.52. The Morgan fingerprint density at radius 1 is 0.678 bits per heavy atom. The van der Waals surface area contributed by atoms with Crippen molar-refractivity contribution in [2.24, 2.45) is 0 Å². The molecule has 16 nitrogen and oxygen atoms in total. The summed E-state index contributed by atoms with van der Waals surface area (Å²) < 4.78 is 9.40. The number of benzene rings is 3. The molecular weight excluding hydrogens is 753 g/mol. The minimum absolute atomic E-state index is 0.0216. The fraction of sp³-hybridized carbons (Fsp3) is 0.372. The van der Waals surface area contributed by atoms with Gasteiger partial charge in [-0.15, -0.1) is 0 Å². The maximum atomic E-state index is 14.2. The van der Waals surface area contributed by atoms with Crippen LogP contribution >= 0.6 is 0 Å². The summed E-state index contributed by atoms with van der Waals surface area (Å²) in [5.74, 6) is -0.341. The molecule has 1 unspecified atom stereocenters. The fourth-order valence-electron chi connectivity index (χ4n) is 9.60. The van der Waals surface area contributed by atoms with Gasteiger partial charge in [0, 0.05) is 69.5 Å². The number of para-hydroxylation sites is 1. The van der Waals surface area contributed by atoms with Crippen molar-refractivity contribution in [3.8, 4) is 17.2 Å². The molecule has 4 fully saturated rings. The van der Waals surface area contributed by atoms with E-state index < -0.39 is 29.7 Å². The molecule has 0 radical (unpaired) electrons. The summed E-state index contributed by atoms with van der Waals surface area (Å²) in [7, 11) is 0. The number of imide groups is 2. The summed E-state index contributed by atoms with van der Waals surface area (Å²) in [6, 6.07) is 22.1. The van der Waals surface area contributed by atoms with Crippen LogP contribution in [0.1, 0.15) is 65.3 Å². The lowest BCUT2D eigenvalue weighted by atomic mass is 9.95. The van der Waals surface area contributed by atoms with E-state index in [-0.39, 0.29) is 30.4 Å². The molecule has 5 aliphatic heterocycles. The molecule has 5 aromatic rings. The summed E-state index contributed by atoms with van der Waals surface area (Å²) in [5.41, 5.74) is 9.41. The van der Waals surface area contributed by atoms with Crippen molar-refractivity contribution in [1.29, 1.82) is 0 Å². The number of amides is 4. The number of fused-ring (bicyclic) bond motifs is 2. The van der Waals surface area contributed by atoms with Crippen LogP contribution in [0.2, 0.25) is 0 Å². The number of imidazole rings is 1. The zero-order valence-electron chi connectivity index (χ0n) is 32.4. The first kappa shape index (κ1) is 36.9. The highest BCUT2D eigenvalue weighted by atomic mass is 16.5. The maximum Gasteiger partial charge on any atom is 0.335 e. The Hall–Kier alpha value is -6.39. The first-order valence-corrected chi connectivity index (χ1v) is 20.4. The first-order valence-electron chi connectivity index (χ1n) is 20.4. The predicted octanol–water partition coefficient (Wildman–Crippen LogP) is 3.35. The van der Waals surface area contributed by atoms with E-state index in [1.807, 2.05) is 65.2 Å². The van der Waals surface area contributed by atoms with Gasteiger partial charge in [0.1, 0.15) is 29.4 Å². The SMILES string of the molecule is Nc1ncnc2c1n(-c1ccc(Oc3ccccc3)cc1)c(=O)n2C1CCN(C2CCN(C3CN(c4ccc5c(c4)C(=O)N(C4CCC(=O)NC4=O)C5=O)C3)CC2)CC1. The van der Waals surface area contributed by atoms with E-state index in [2.05, 4.69) is 30.0 Å². The number of nitrogens with two attached hydrogens (primary N) is 1. The van der Waals surface area contributed by atoms with E-state index in [0.29, 0.717) is 45.8 Å². The summed E-state index contributed by atoms with van der Waals surface area (Å²) in [5, 5.41) is 2.25. The molecule has 7 heterocycles. The minimum Gasteiger partial charge on any atom is -0.457 e. The Labute approximate surface area is 339 Å². The number of hydrogen-bond acceptors (Lipinski definition) is 12. The second kappa shape index (κ2) is 14.8. The Kier molecular flexibility index (Phi) is 9.24. The van der Waals surface area contributed by atoms with Gasteiger partial charge in [-0.3, -0.25) is 43.4 Å². The zero-order valence-corrected chi connectivity index (χ0v) is 32.4. The number of rotatable bonds is 8. The number of carbonyl (C=O) groups is 4. The average Bonchev–Trinajstić information content (AvgIpc) is 3.67. The van der Waals surface area contributed by atoms with Crippen LogP contribution in [0.5, 0.6) is 11.5 Å². The Balaban J connectivity index is 0.744. The van der Waals surface area contributed by atoms with E-state index in [1.54, 1.807) is 16.7 Å². The molecule has 0 aliphatic carbocycles. The molecule has 302 valence electrons. The van der Waals surface area contributed by atoms with E-state index in [1.165, 1.54) is 6.33 Å². The number of nitrogens with zero attached hydrogens (tertiary/aromatic N) is 8. The van der Waals surface area contributed by atoms with Crippen LogP contribution in [0.15, 0.2) is 83.9 Å². The monoisotopic (exact) mass is 796 g/mol. The van der Waals surface area contributed by atoms with Gasteiger partial charge in [-0.25, -0.2) is 14.8 Å². The van der Waals surface area contributed by atoms with E-state index in [0.717, 1.165) is 81.3 Å². The molecule has 16 heteroatoms. The Morgan fingerprint density at radius 2 is 1.32 bits per heavy atom. The first-order chi connectivity index (χ1) is 28.7. The molecule has 4 amide bonds. The van der Waals surface area contributed by atoms with Gasteiger partial charge in [0.05, 0.1) is 16.8 Å². The standard InChI is InChI=1S/C43H44N10O6/c44-38-37-39(46-25-45-38)52(43(58)51(37)27-6-9-32(10-7-27)59-31-4-2-1-3-5-31)28-16-20-48(21-17-28)26-14-18-49(19-15-26)30-23-50(24-30)29-8-11-33-34(22-29)42(57)53(41(33)56)35-12-13-36(54)47-40(35)55/h1-11,22,25-26,28,30,35H,12-21,23-24H2,(H2,44,45,46)(H,47,54,55). The number of nitrogen functional groups attached to an aromatic ring is 1. The highest BCUT2D eigenvalue weighted by molar-refractivity contribution is 6.23. The largest absolute Gasteiger partial charge is 0.457 e. The van der Waals surface area contributed by atoms with Crippen LogP contribution in [-0.2, 0) is 9.59 Å². The normalized spacial score (nSPS) is 21.3. The summed E-state index contributed by atoms with van der Waals surface area (Å²) >= 11 is 0. The van der Waals surface area contributed by atoms with Crippen LogP contribution in [0, 0.1) is 0 Å². The summed E-state index contributed by atoms with van der Waals surface area (Å²) in [6.07, 6.45) is 5.43. The number of ether oxygens (including phenoxy) is 1. The number of carbonyl (C=O) groups excluding carboxylic acids is 4.